The third kappa shape index (κ3) is 4.70. The van der Waals surface area contributed by atoms with E-state index in [-0.39, 0.29) is 11.9 Å². The molecule has 1 atom stereocenters. The zero-order chi connectivity index (χ0) is 15.2. The predicted molar refractivity (Wildman–Crippen MR) is 86.4 cm³/mol. The molecule has 1 fully saturated rings. The van der Waals surface area contributed by atoms with Gasteiger partial charge in [0.25, 0.3) is 0 Å². The highest BCUT2D eigenvalue weighted by atomic mass is 35.5. The van der Waals surface area contributed by atoms with Crippen molar-refractivity contribution in [2.75, 3.05) is 32.7 Å². The van der Waals surface area contributed by atoms with Crippen molar-refractivity contribution in [3.05, 3.63) is 34.9 Å². The number of carbonyl (C=O) groups excluding carboxylic acids is 1. The molecule has 0 saturated carbocycles. The minimum Gasteiger partial charge on any atom is -0.355 e. The van der Waals surface area contributed by atoms with Crippen LogP contribution in [-0.4, -0.2) is 54.5 Å². The van der Waals surface area contributed by atoms with Crippen LogP contribution in [0.1, 0.15) is 19.4 Å². The Labute approximate surface area is 132 Å². The lowest BCUT2D eigenvalue weighted by Gasteiger charge is -2.37. The summed E-state index contributed by atoms with van der Waals surface area (Å²) in [6.07, 6.45) is 0. The van der Waals surface area contributed by atoms with Gasteiger partial charge in [-0.3, -0.25) is 14.6 Å². The molecule has 0 aromatic heterocycles. The van der Waals surface area contributed by atoms with Crippen LogP contribution < -0.4 is 5.32 Å². The quantitative estimate of drug-likeness (QED) is 0.903. The molecule has 0 aliphatic carbocycles. The van der Waals surface area contributed by atoms with E-state index in [1.807, 2.05) is 32.0 Å². The van der Waals surface area contributed by atoms with Crippen LogP contribution in [-0.2, 0) is 11.3 Å². The third-order valence-electron chi connectivity index (χ3n) is 3.98. The highest BCUT2D eigenvalue weighted by molar-refractivity contribution is 6.30. The lowest BCUT2D eigenvalue weighted by Crippen LogP contribution is -2.53. The van der Waals surface area contributed by atoms with Gasteiger partial charge in [-0.05, 0) is 31.5 Å². The number of rotatable bonds is 5. The average molecular weight is 310 g/mol. The van der Waals surface area contributed by atoms with Gasteiger partial charge in [0.15, 0.2) is 0 Å². The lowest BCUT2D eigenvalue weighted by atomic mass is 10.1. The van der Waals surface area contributed by atoms with E-state index in [4.69, 9.17) is 11.6 Å². The summed E-state index contributed by atoms with van der Waals surface area (Å²) in [7, 11) is 0. The van der Waals surface area contributed by atoms with Crippen molar-refractivity contribution in [3.8, 4) is 0 Å². The van der Waals surface area contributed by atoms with Crippen LogP contribution in [0.25, 0.3) is 0 Å². The molecule has 1 saturated heterocycles. The van der Waals surface area contributed by atoms with E-state index in [1.165, 1.54) is 5.56 Å². The molecule has 0 spiro atoms. The number of nitrogens with one attached hydrogen (secondary N) is 1. The standard InChI is InChI=1S/C16H24ClN3O/c1-3-18-16(21)13(2)20-9-7-19(8-10-20)12-14-5-4-6-15(17)11-14/h4-6,11,13H,3,7-10,12H2,1-2H3,(H,18,21)/t13-/m1/s1. The van der Waals surface area contributed by atoms with E-state index in [1.54, 1.807) is 0 Å². The molecule has 5 heteroatoms. The van der Waals surface area contributed by atoms with Crippen molar-refractivity contribution >= 4 is 17.5 Å². The van der Waals surface area contributed by atoms with E-state index < -0.39 is 0 Å². The molecule has 1 amide bonds. The maximum absolute atomic E-state index is 11.9. The minimum atomic E-state index is -0.0433. The second-order valence-electron chi connectivity index (χ2n) is 5.51. The fourth-order valence-electron chi connectivity index (χ4n) is 2.69. The molecule has 2 rings (SSSR count). The van der Waals surface area contributed by atoms with Gasteiger partial charge in [-0.1, -0.05) is 23.7 Å². The Morgan fingerprint density at radius 2 is 2.05 bits per heavy atom. The highest BCUT2D eigenvalue weighted by Gasteiger charge is 2.25. The Hall–Kier alpha value is -1.10. The van der Waals surface area contributed by atoms with Crippen LogP contribution in [0.5, 0.6) is 0 Å². The number of hydrogen-bond acceptors (Lipinski definition) is 3. The molecular weight excluding hydrogens is 286 g/mol. The summed E-state index contributed by atoms with van der Waals surface area (Å²) in [5.41, 5.74) is 1.24. The van der Waals surface area contributed by atoms with Gasteiger partial charge in [0, 0.05) is 44.3 Å². The van der Waals surface area contributed by atoms with Crippen molar-refractivity contribution in [2.45, 2.75) is 26.4 Å². The van der Waals surface area contributed by atoms with Crippen LogP contribution in [0.3, 0.4) is 0 Å². The molecule has 1 heterocycles. The molecule has 1 aromatic carbocycles. The molecule has 116 valence electrons. The van der Waals surface area contributed by atoms with Gasteiger partial charge >= 0.3 is 0 Å². The van der Waals surface area contributed by atoms with Gasteiger partial charge in [-0.15, -0.1) is 0 Å². The number of piperazine rings is 1. The van der Waals surface area contributed by atoms with Crippen LogP contribution in [0.4, 0.5) is 0 Å². The van der Waals surface area contributed by atoms with Crippen LogP contribution in [0.15, 0.2) is 24.3 Å². The van der Waals surface area contributed by atoms with Crippen LogP contribution in [0, 0.1) is 0 Å². The molecule has 4 nitrogen and oxygen atoms in total. The highest BCUT2D eigenvalue weighted by Crippen LogP contribution is 2.14. The summed E-state index contributed by atoms with van der Waals surface area (Å²) in [4.78, 5) is 16.5. The topological polar surface area (TPSA) is 35.6 Å². The minimum absolute atomic E-state index is 0.0433. The number of carbonyl (C=O) groups is 1. The van der Waals surface area contributed by atoms with Crippen molar-refractivity contribution in [1.29, 1.82) is 0 Å². The van der Waals surface area contributed by atoms with Gasteiger partial charge in [0.05, 0.1) is 6.04 Å². The predicted octanol–water partition coefficient (Wildman–Crippen LogP) is 1.98. The Morgan fingerprint density at radius 3 is 2.67 bits per heavy atom. The van der Waals surface area contributed by atoms with E-state index >= 15 is 0 Å². The van der Waals surface area contributed by atoms with E-state index in [0.717, 1.165) is 37.7 Å². The fraction of sp³-hybridized carbons (Fsp3) is 0.562. The molecule has 1 aromatic rings. The van der Waals surface area contributed by atoms with Gasteiger partial charge < -0.3 is 5.32 Å². The largest absolute Gasteiger partial charge is 0.355 e. The smallest absolute Gasteiger partial charge is 0.237 e. The molecule has 1 aliphatic rings. The maximum Gasteiger partial charge on any atom is 0.237 e. The van der Waals surface area contributed by atoms with Crippen molar-refractivity contribution < 1.29 is 4.79 Å². The Bertz CT molecular complexity index is 472. The molecule has 1 aliphatic heterocycles. The zero-order valence-electron chi connectivity index (χ0n) is 12.8. The number of nitrogens with zero attached hydrogens (tertiary/aromatic N) is 2. The van der Waals surface area contributed by atoms with Gasteiger partial charge in [-0.25, -0.2) is 0 Å². The first-order valence-electron chi connectivity index (χ1n) is 7.58. The molecule has 21 heavy (non-hydrogen) atoms. The van der Waals surface area contributed by atoms with Gasteiger partial charge in [0.2, 0.25) is 5.91 Å². The fourth-order valence-corrected chi connectivity index (χ4v) is 2.90. The van der Waals surface area contributed by atoms with Crippen molar-refractivity contribution in [3.63, 3.8) is 0 Å². The second kappa shape index (κ2) is 7.78. The van der Waals surface area contributed by atoms with Crippen LogP contribution >= 0.6 is 11.6 Å². The number of likely N-dealkylation sites (N-methyl/N-ethyl adjacent to an activating group) is 1. The Morgan fingerprint density at radius 1 is 1.33 bits per heavy atom. The second-order valence-corrected chi connectivity index (χ2v) is 5.95. The van der Waals surface area contributed by atoms with Gasteiger partial charge in [0.1, 0.15) is 0 Å². The van der Waals surface area contributed by atoms with E-state index in [2.05, 4.69) is 21.2 Å². The lowest BCUT2D eigenvalue weighted by molar-refractivity contribution is -0.126. The summed E-state index contributed by atoms with van der Waals surface area (Å²) < 4.78 is 0. The molecule has 0 unspecified atom stereocenters. The first kappa shape index (κ1) is 16.3. The maximum atomic E-state index is 11.9. The summed E-state index contributed by atoms with van der Waals surface area (Å²) in [5.74, 6) is 0.126. The van der Waals surface area contributed by atoms with E-state index in [9.17, 15) is 4.79 Å². The number of amides is 1. The van der Waals surface area contributed by atoms with Gasteiger partial charge in [-0.2, -0.15) is 0 Å². The number of halogens is 1. The van der Waals surface area contributed by atoms with Crippen molar-refractivity contribution in [2.24, 2.45) is 0 Å². The normalized spacial score (nSPS) is 18.4. The summed E-state index contributed by atoms with van der Waals surface area (Å²) in [5, 5.41) is 3.68. The monoisotopic (exact) mass is 309 g/mol. The van der Waals surface area contributed by atoms with Crippen LogP contribution in [0.2, 0.25) is 5.02 Å². The SMILES string of the molecule is CCNC(=O)[C@@H](C)N1CCN(Cc2cccc(Cl)c2)CC1. The first-order valence-corrected chi connectivity index (χ1v) is 7.96. The molecular formula is C16H24ClN3O. The average Bonchev–Trinajstić information content (AvgIpc) is 2.47. The third-order valence-corrected chi connectivity index (χ3v) is 4.22. The Kier molecular flexibility index (Phi) is 6.03. The summed E-state index contributed by atoms with van der Waals surface area (Å²) in [6, 6.07) is 7.97. The number of hydrogen-bond donors (Lipinski definition) is 1. The summed E-state index contributed by atoms with van der Waals surface area (Å²) >= 11 is 6.02. The first-order chi connectivity index (χ1) is 10.1. The number of benzene rings is 1. The van der Waals surface area contributed by atoms with E-state index in [0.29, 0.717) is 6.54 Å². The zero-order valence-corrected chi connectivity index (χ0v) is 13.6. The van der Waals surface area contributed by atoms with Crippen molar-refractivity contribution in [1.82, 2.24) is 15.1 Å². The Balaban J connectivity index is 1.81. The summed E-state index contributed by atoms with van der Waals surface area (Å²) in [6.45, 7) is 9.37. The molecule has 0 bridgehead atoms. The molecule has 0 radical (unpaired) electrons. The molecule has 1 N–H and O–H groups in total.